The van der Waals surface area contributed by atoms with E-state index in [1.165, 1.54) is 0 Å². The minimum absolute atomic E-state index is 0.280. The fourth-order valence-electron chi connectivity index (χ4n) is 1.77. The standard InChI is InChI=1S/C15H18N2O2S/c1-3-19-15(18)12-4-6-13(7-5-12)16-9-8-14-17-11(2)10-20-14/h4-7,10,16H,3,8-9H2,1-2H3. The summed E-state index contributed by atoms with van der Waals surface area (Å²) in [5.74, 6) is -0.280. The molecule has 0 atom stereocenters. The Hall–Kier alpha value is -1.88. The molecule has 0 fully saturated rings. The van der Waals surface area contributed by atoms with Crippen molar-refractivity contribution in [2.75, 3.05) is 18.5 Å². The van der Waals surface area contributed by atoms with Crippen LogP contribution in [0, 0.1) is 6.92 Å². The number of aryl methyl sites for hydroxylation is 1. The number of nitrogens with one attached hydrogen (secondary N) is 1. The minimum Gasteiger partial charge on any atom is -0.462 e. The number of esters is 1. The molecule has 2 rings (SSSR count). The number of nitrogens with zero attached hydrogens (tertiary/aromatic N) is 1. The van der Waals surface area contributed by atoms with Crippen LogP contribution in [0.15, 0.2) is 29.6 Å². The van der Waals surface area contributed by atoms with Crippen LogP contribution in [0.5, 0.6) is 0 Å². The van der Waals surface area contributed by atoms with Crippen molar-refractivity contribution in [1.29, 1.82) is 0 Å². The fourth-order valence-corrected chi connectivity index (χ4v) is 2.55. The Bertz CT molecular complexity index is 564. The van der Waals surface area contributed by atoms with E-state index in [9.17, 15) is 4.79 Å². The van der Waals surface area contributed by atoms with Gasteiger partial charge in [-0.25, -0.2) is 9.78 Å². The highest BCUT2D eigenvalue weighted by Gasteiger charge is 2.05. The minimum atomic E-state index is -0.280. The maximum atomic E-state index is 11.5. The molecule has 1 aromatic heterocycles. The van der Waals surface area contributed by atoms with Gasteiger partial charge in [-0.2, -0.15) is 0 Å². The van der Waals surface area contributed by atoms with Crippen molar-refractivity contribution in [1.82, 2.24) is 4.98 Å². The average molecular weight is 290 g/mol. The predicted molar refractivity (Wildman–Crippen MR) is 81.4 cm³/mol. The van der Waals surface area contributed by atoms with Gasteiger partial charge in [-0.3, -0.25) is 0 Å². The summed E-state index contributed by atoms with van der Waals surface area (Å²) in [7, 11) is 0. The molecule has 0 radical (unpaired) electrons. The number of hydrogen-bond acceptors (Lipinski definition) is 5. The lowest BCUT2D eigenvalue weighted by atomic mass is 10.2. The van der Waals surface area contributed by atoms with Crippen molar-refractivity contribution in [3.05, 3.63) is 45.9 Å². The van der Waals surface area contributed by atoms with Gasteiger partial charge in [0.05, 0.1) is 17.2 Å². The molecule has 20 heavy (non-hydrogen) atoms. The van der Waals surface area contributed by atoms with Crippen LogP contribution in [0.4, 0.5) is 5.69 Å². The Morgan fingerprint density at radius 3 is 2.70 bits per heavy atom. The highest BCUT2D eigenvalue weighted by atomic mass is 32.1. The molecule has 0 aliphatic carbocycles. The quantitative estimate of drug-likeness (QED) is 0.829. The Morgan fingerprint density at radius 1 is 1.35 bits per heavy atom. The third kappa shape index (κ3) is 4.06. The summed E-state index contributed by atoms with van der Waals surface area (Å²) in [6.07, 6.45) is 0.901. The zero-order valence-corrected chi connectivity index (χ0v) is 12.5. The highest BCUT2D eigenvalue weighted by Crippen LogP contribution is 2.12. The molecular formula is C15H18N2O2S. The number of carbonyl (C=O) groups excluding carboxylic acids is 1. The van der Waals surface area contributed by atoms with E-state index in [0.717, 1.165) is 29.4 Å². The first-order chi connectivity index (χ1) is 9.69. The Morgan fingerprint density at radius 2 is 2.10 bits per heavy atom. The largest absolute Gasteiger partial charge is 0.462 e. The summed E-state index contributed by atoms with van der Waals surface area (Å²) in [5.41, 5.74) is 2.64. The monoisotopic (exact) mass is 290 g/mol. The predicted octanol–water partition coefficient (Wildman–Crippen LogP) is 3.28. The maximum Gasteiger partial charge on any atom is 0.338 e. The van der Waals surface area contributed by atoms with Gasteiger partial charge in [-0.05, 0) is 38.1 Å². The summed E-state index contributed by atoms with van der Waals surface area (Å²) < 4.78 is 4.94. The van der Waals surface area contributed by atoms with E-state index in [1.807, 2.05) is 19.1 Å². The van der Waals surface area contributed by atoms with Crippen molar-refractivity contribution >= 4 is 23.0 Å². The van der Waals surface area contributed by atoms with Crippen LogP contribution >= 0.6 is 11.3 Å². The summed E-state index contributed by atoms with van der Waals surface area (Å²) in [4.78, 5) is 15.9. The van der Waals surface area contributed by atoms with Crippen LogP contribution in [-0.4, -0.2) is 24.1 Å². The van der Waals surface area contributed by atoms with Crippen molar-refractivity contribution in [2.24, 2.45) is 0 Å². The van der Waals surface area contributed by atoms with Crippen LogP contribution in [0.1, 0.15) is 28.0 Å². The first-order valence-corrected chi connectivity index (χ1v) is 7.49. The Balaban J connectivity index is 1.83. The van der Waals surface area contributed by atoms with Gasteiger partial charge in [0.25, 0.3) is 0 Å². The van der Waals surface area contributed by atoms with Gasteiger partial charge in [0.15, 0.2) is 0 Å². The summed E-state index contributed by atoms with van der Waals surface area (Å²) in [6, 6.07) is 7.32. The number of benzene rings is 1. The Labute approximate surface area is 122 Å². The number of ether oxygens (including phenoxy) is 1. The van der Waals surface area contributed by atoms with Gasteiger partial charge in [0.1, 0.15) is 0 Å². The zero-order valence-electron chi connectivity index (χ0n) is 11.7. The molecule has 0 amide bonds. The molecule has 0 saturated carbocycles. The average Bonchev–Trinajstić information content (AvgIpc) is 2.85. The van der Waals surface area contributed by atoms with Gasteiger partial charge in [0.2, 0.25) is 0 Å². The Kier molecular flexibility index (Phi) is 5.12. The number of aromatic nitrogens is 1. The van der Waals surface area contributed by atoms with E-state index in [4.69, 9.17) is 4.74 Å². The van der Waals surface area contributed by atoms with Gasteiger partial charge in [-0.1, -0.05) is 0 Å². The summed E-state index contributed by atoms with van der Waals surface area (Å²) in [6.45, 7) is 5.02. The van der Waals surface area contributed by atoms with Crippen molar-refractivity contribution in [2.45, 2.75) is 20.3 Å². The lowest BCUT2D eigenvalue weighted by molar-refractivity contribution is 0.0526. The van der Waals surface area contributed by atoms with Gasteiger partial charge >= 0.3 is 5.97 Å². The van der Waals surface area contributed by atoms with Crippen LogP contribution in [0.25, 0.3) is 0 Å². The zero-order chi connectivity index (χ0) is 14.4. The molecule has 5 heteroatoms. The van der Waals surface area contributed by atoms with E-state index in [1.54, 1.807) is 30.4 Å². The molecular weight excluding hydrogens is 272 g/mol. The van der Waals surface area contributed by atoms with E-state index in [2.05, 4.69) is 15.7 Å². The highest BCUT2D eigenvalue weighted by molar-refractivity contribution is 7.09. The molecule has 1 heterocycles. The van der Waals surface area contributed by atoms with Crippen molar-refractivity contribution in [3.63, 3.8) is 0 Å². The van der Waals surface area contributed by atoms with Crippen LogP contribution in [-0.2, 0) is 11.2 Å². The molecule has 0 bridgehead atoms. The molecule has 106 valence electrons. The SMILES string of the molecule is CCOC(=O)c1ccc(NCCc2nc(C)cs2)cc1. The molecule has 0 saturated heterocycles. The van der Waals surface area contributed by atoms with Crippen LogP contribution in [0.3, 0.4) is 0 Å². The molecule has 1 N–H and O–H groups in total. The number of hydrogen-bond donors (Lipinski definition) is 1. The smallest absolute Gasteiger partial charge is 0.338 e. The normalized spacial score (nSPS) is 10.3. The van der Waals surface area contributed by atoms with Gasteiger partial charge < -0.3 is 10.1 Å². The molecule has 4 nitrogen and oxygen atoms in total. The second kappa shape index (κ2) is 7.05. The second-order valence-corrected chi connectivity index (χ2v) is 5.30. The molecule has 0 unspecified atom stereocenters. The first kappa shape index (κ1) is 14.5. The third-order valence-electron chi connectivity index (χ3n) is 2.73. The number of thiazole rings is 1. The third-order valence-corrected chi connectivity index (χ3v) is 3.76. The number of anilines is 1. The fraction of sp³-hybridized carbons (Fsp3) is 0.333. The van der Waals surface area contributed by atoms with E-state index in [0.29, 0.717) is 12.2 Å². The van der Waals surface area contributed by atoms with Gasteiger partial charge in [-0.15, -0.1) is 11.3 Å². The summed E-state index contributed by atoms with van der Waals surface area (Å²) in [5, 5.41) is 6.51. The van der Waals surface area contributed by atoms with Crippen molar-refractivity contribution < 1.29 is 9.53 Å². The second-order valence-electron chi connectivity index (χ2n) is 4.36. The van der Waals surface area contributed by atoms with Gasteiger partial charge in [0, 0.05) is 29.7 Å². The molecule has 1 aromatic carbocycles. The van der Waals surface area contributed by atoms with Crippen LogP contribution < -0.4 is 5.32 Å². The lowest BCUT2D eigenvalue weighted by Crippen LogP contribution is -2.06. The first-order valence-electron chi connectivity index (χ1n) is 6.61. The lowest BCUT2D eigenvalue weighted by Gasteiger charge is -2.06. The molecule has 0 spiro atoms. The summed E-state index contributed by atoms with van der Waals surface area (Å²) >= 11 is 1.68. The van der Waals surface area contributed by atoms with E-state index < -0.39 is 0 Å². The van der Waals surface area contributed by atoms with E-state index in [-0.39, 0.29) is 5.97 Å². The molecule has 0 aliphatic rings. The van der Waals surface area contributed by atoms with Crippen LogP contribution in [0.2, 0.25) is 0 Å². The maximum absolute atomic E-state index is 11.5. The number of rotatable bonds is 6. The van der Waals surface area contributed by atoms with E-state index >= 15 is 0 Å². The molecule has 2 aromatic rings. The number of carbonyl (C=O) groups is 1. The van der Waals surface area contributed by atoms with Crippen molar-refractivity contribution in [3.8, 4) is 0 Å². The molecule has 0 aliphatic heterocycles. The topological polar surface area (TPSA) is 51.2 Å².